The monoisotopic (exact) mass is 288 g/mol. The first-order chi connectivity index (χ1) is 10.8. The molecule has 0 unspecified atom stereocenters. The van der Waals surface area contributed by atoms with Crippen molar-refractivity contribution in [3.05, 3.63) is 72.3 Å². The lowest BCUT2D eigenvalue weighted by molar-refractivity contribution is 1.10. The molecule has 3 rings (SSSR count). The van der Waals surface area contributed by atoms with E-state index in [1.807, 2.05) is 24.8 Å². The molecule has 0 aliphatic rings. The molecule has 110 valence electrons. The van der Waals surface area contributed by atoms with Crippen LogP contribution >= 0.6 is 0 Å². The van der Waals surface area contributed by atoms with E-state index in [1.165, 1.54) is 33.4 Å². The van der Waals surface area contributed by atoms with Crippen molar-refractivity contribution in [2.24, 2.45) is 0 Å². The van der Waals surface area contributed by atoms with Gasteiger partial charge in [-0.2, -0.15) is 0 Å². The molecule has 22 heavy (non-hydrogen) atoms. The lowest BCUT2D eigenvalue weighted by atomic mass is 9.89. The molecule has 2 nitrogen and oxygen atoms in total. The summed E-state index contributed by atoms with van der Waals surface area (Å²) >= 11 is 0. The Morgan fingerprint density at radius 2 is 1.00 bits per heavy atom. The summed E-state index contributed by atoms with van der Waals surface area (Å²) in [6.45, 7) is 4.42. The van der Waals surface area contributed by atoms with Gasteiger partial charge in [0.1, 0.15) is 0 Å². The molecular weight excluding hydrogens is 268 g/mol. The third-order valence-corrected chi connectivity index (χ3v) is 4.07. The summed E-state index contributed by atoms with van der Waals surface area (Å²) in [4.78, 5) is 8.25. The molecule has 0 N–H and O–H groups in total. The summed E-state index contributed by atoms with van der Waals surface area (Å²) in [5.74, 6) is 0. The fourth-order valence-electron chi connectivity index (χ4n) is 2.87. The number of hydrogen-bond donors (Lipinski definition) is 0. The minimum absolute atomic E-state index is 1.01. The normalized spacial score (nSPS) is 10.6. The SMILES string of the molecule is CCc1cc(-c2ccncc2)c(CC)cc1-c1ccncc1. The smallest absolute Gasteiger partial charge is 0.0273 e. The lowest BCUT2D eigenvalue weighted by Crippen LogP contribution is -1.95. The second kappa shape index (κ2) is 6.52. The van der Waals surface area contributed by atoms with Crippen molar-refractivity contribution < 1.29 is 0 Å². The molecule has 3 aromatic rings. The second-order valence-corrected chi connectivity index (χ2v) is 5.35. The highest BCUT2D eigenvalue weighted by molar-refractivity contribution is 5.76. The van der Waals surface area contributed by atoms with Crippen LogP contribution in [0.25, 0.3) is 22.3 Å². The molecule has 0 aliphatic carbocycles. The Balaban J connectivity index is 2.19. The maximum Gasteiger partial charge on any atom is 0.0273 e. The molecule has 0 saturated heterocycles. The fourth-order valence-corrected chi connectivity index (χ4v) is 2.87. The predicted octanol–water partition coefficient (Wildman–Crippen LogP) is 4.94. The molecule has 2 aromatic heterocycles. The summed E-state index contributed by atoms with van der Waals surface area (Å²) in [7, 11) is 0. The highest BCUT2D eigenvalue weighted by Crippen LogP contribution is 2.32. The number of hydrogen-bond acceptors (Lipinski definition) is 2. The molecular formula is C20H20N2. The molecule has 0 aliphatic heterocycles. The quantitative estimate of drug-likeness (QED) is 0.680. The summed E-state index contributed by atoms with van der Waals surface area (Å²) in [5, 5.41) is 0. The Morgan fingerprint density at radius 3 is 1.32 bits per heavy atom. The highest BCUT2D eigenvalue weighted by Gasteiger charge is 2.11. The Bertz CT molecular complexity index is 682. The van der Waals surface area contributed by atoms with Crippen molar-refractivity contribution in [2.75, 3.05) is 0 Å². The topological polar surface area (TPSA) is 25.8 Å². The van der Waals surface area contributed by atoms with Gasteiger partial charge in [0.05, 0.1) is 0 Å². The van der Waals surface area contributed by atoms with E-state index in [-0.39, 0.29) is 0 Å². The van der Waals surface area contributed by atoms with E-state index in [2.05, 4.69) is 60.2 Å². The van der Waals surface area contributed by atoms with Crippen LogP contribution in [0.2, 0.25) is 0 Å². The van der Waals surface area contributed by atoms with Gasteiger partial charge in [0.15, 0.2) is 0 Å². The molecule has 2 heteroatoms. The first-order valence-corrected chi connectivity index (χ1v) is 7.80. The molecule has 0 bridgehead atoms. The summed E-state index contributed by atoms with van der Waals surface area (Å²) < 4.78 is 0. The third kappa shape index (κ3) is 2.77. The zero-order valence-corrected chi connectivity index (χ0v) is 13.1. The second-order valence-electron chi connectivity index (χ2n) is 5.35. The maximum atomic E-state index is 4.13. The minimum Gasteiger partial charge on any atom is -0.265 e. The number of pyridine rings is 2. The fraction of sp³-hybridized carbons (Fsp3) is 0.200. The Morgan fingerprint density at radius 1 is 0.636 bits per heavy atom. The minimum atomic E-state index is 1.01. The van der Waals surface area contributed by atoms with E-state index < -0.39 is 0 Å². The van der Waals surface area contributed by atoms with Gasteiger partial charge < -0.3 is 0 Å². The van der Waals surface area contributed by atoms with Crippen molar-refractivity contribution in [3.63, 3.8) is 0 Å². The summed E-state index contributed by atoms with van der Waals surface area (Å²) in [5.41, 5.74) is 7.86. The van der Waals surface area contributed by atoms with Crippen LogP contribution in [-0.2, 0) is 12.8 Å². The number of benzene rings is 1. The molecule has 0 spiro atoms. The van der Waals surface area contributed by atoms with Crippen molar-refractivity contribution in [1.82, 2.24) is 9.97 Å². The van der Waals surface area contributed by atoms with Crippen molar-refractivity contribution in [1.29, 1.82) is 0 Å². The molecule has 0 atom stereocenters. The van der Waals surface area contributed by atoms with Gasteiger partial charge in [0.2, 0.25) is 0 Å². The molecule has 2 heterocycles. The molecule has 0 fully saturated rings. The van der Waals surface area contributed by atoms with Crippen LogP contribution in [-0.4, -0.2) is 9.97 Å². The van der Waals surface area contributed by atoms with Gasteiger partial charge in [-0.05, 0) is 70.5 Å². The maximum absolute atomic E-state index is 4.13. The summed E-state index contributed by atoms with van der Waals surface area (Å²) in [6.07, 6.45) is 9.46. The van der Waals surface area contributed by atoms with Gasteiger partial charge in [0, 0.05) is 24.8 Å². The van der Waals surface area contributed by atoms with Crippen LogP contribution in [0.1, 0.15) is 25.0 Å². The van der Waals surface area contributed by atoms with Crippen LogP contribution in [0.5, 0.6) is 0 Å². The zero-order chi connectivity index (χ0) is 15.4. The van der Waals surface area contributed by atoms with E-state index in [1.54, 1.807) is 0 Å². The van der Waals surface area contributed by atoms with Gasteiger partial charge in [0.25, 0.3) is 0 Å². The van der Waals surface area contributed by atoms with Crippen LogP contribution in [0.4, 0.5) is 0 Å². The number of aryl methyl sites for hydroxylation is 2. The van der Waals surface area contributed by atoms with E-state index in [0.717, 1.165) is 12.8 Å². The standard InChI is InChI=1S/C20H20N2/c1-3-15-13-20(18-7-11-22-12-8-18)16(4-2)14-19(15)17-5-9-21-10-6-17/h5-14H,3-4H2,1-2H3. The zero-order valence-electron chi connectivity index (χ0n) is 13.1. The number of rotatable bonds is 4. The van der Waals surface area contributed by atoms with Crippen molar-refractivity contribution >= 4 is 0 Å². The van der Waals surface area contributed by atoms with E-state index in [0.29, 0.717) is 0 Å². The van der Waals surface area contributed by atoms with Gasteiger partial charge in [-0.3, -0.25) is 9.97 Å². The molecule has 0 saturated carbocycles. The predicted molar refractivity (Wildman–Crippen MR) is 91.7 cm³/mol. The lowest BCUT2D eigenvalue weighted by Gasteiger charge is -2.15. The average molecular weight is 288 g/mol. The van der Waals surface area contributed by atoms with E-state index >= 15 is 0 Å². The molecule has 0 radical (unpaired) electrons. The van der Waals surface area contributed by atoms with Crippen LogP contribution in [0, 0.1) is 0 Å². The first kappa shape index (κ1) is 14.5. The van der Waals surface area contributed by atoms with Gasteiger partial charge in [-0.1, -0.05) is 26.0 Å². The third-order valence-electron chi connectivity index (χ3n) is 4.07. The van der Waals surface area contributed by atoms with Crippen LogP contribution < -0.4 is 0 Å². The Kier molecular flexibility index (Phi) is 4.29. The van der Waals surface area contributed by atoms with Crippen molar-refractivity contribution in [3.8, 4) is 22.3 Å². The van der Waals surface area contributed by atoms with Gasteiger partial charge >= 0.3 is 0 Å². The number of nitrogens with zero attached hydrogens (tertiary/aromatic N) is 2. The van der Waals surface area contributed by atoms with Crippen LogP contribution in [0.15, 0.2) is 61.2 Å². The van der Waals surface area contributed by atoms with E-state index in [4.69, 9.17) is 0 Å². The Hall–Kier alpha value is -2.48. The summed E-state index contributed by atoms with van der Waals surface area (Å²) in [6, 6.07) is 13.0. The van der Waals surface area contributed by atoms with Gasteiger partial charge in [-0.25, -0.2) is 0 Å². The van der Waals surface area contributed by atoms with Gasteiger partial charge in [-0.15, -0.1) is 0 Å². The van der Waals surface area contributed by atoms with E-state index in [9.17, 15) is 0 Å². The largest absolute Gasteiger partial charge is 0.265 e. The molecule has 1 aromatic carbocycles. The average Bonchev–Trinajstić information content (AvgIpc) is 2.62. The first-order valence-electron chi connectivity index (χ1n) is 7.80. The highest BCUT2D eigenvalue weighted by atomic mass is 14.6. The Labute approximate surface area is 131 Å². The number of aromatic nitrogens is 2. The van der Waals surface area contributed by atoms with Crippen LogP contribution in [0.3, 0.4) is 0 Å². The van der Waals surface area contributed by atoms with Crippen molar-refractivity contribution in [2.45, 2.75) is 26.7 Å². The molecule has 0 amide bonds.